The highest BCUT2D eigenvalue weighted by molar-refractivity contribution is 9.10. The molecule has 12 nitrogen and oxygen atoms in total. The number of alkyl carbamates (subject to hydrolysis) is 1. The SMILES string of the molecule is Cn1ncc(NC(=O)c2nc(-c3cccc(Br)c3F)sc2NC(=O)OC(C)(C)C)c1N1CCC[C@@H](NC(=O)OCc2ccccc2)CC1. The van der Waals surface area contributed by atoms with E-state index in [4.69, 9.17) is 9.47 Å². The standard InChI is InChI=1S/C33H37BrFN7O5S/c1-33(2,3)47-32(45)40-29-26(39-28(48-29)22-13-8-14-23(34)25(22)35)27(43)38-24-18-36-41(4)30(24)42-16-9-12-21(15-17-42)37-31(44)46-19-20-10-6-5-7-11-20/h5-8,10-11,13-14,18,21H,9,12,15-17,19H2,1-4H3,(H,37,44)(H,38,43)(H,40,45)/t21-/m1/s1. The Morgan fingerprint density at radius 1 is 1.04 bits per heavy atom. The molecule has 3 N–H and O–H groups in total. The van der Waals surface area contributed by atoms with Gasteiger partial charge in [-0.05, 0) is 73.7 Å². The van der Waals surface area contributed by atoms with E-state index in [0.717, 1.165) is 29.7 Å². The van der Waals surface area contributed by atoms with Gasteiger partial charge in [0.05, 0.1) is 10.7 Å². The molecule has 0 bridgehead atoms. The number of aryl methyl sites for hydroxylation is 1. The molecule has 1 aliphatic heterocycles. The highest BCUT2D eigenvalue weighted by Gasteiger charge is 2.28. The number of hydrogen-bond acceptors (Lipinski definition) is 9. The fourth-order valence-corrected chi connectivity index (χ4v) is 6.53. The van der Waals surface area contributed by atoms with Crippen LogP contribution in [0.15, 0.2) is 59.2 Å². The van der Waals surface area contributed by atoms with Gasteiger partial charge in [-0.1, -0.05) is 47.7 Å². The molecule has 0 radical (unpaired) electrons. The number of nitrogens with one attached hydrogen (secondary N) is 3. The Kier molecular flexibility index (Phi) is 11.0. The molecular formula is C33H37BrFN7O5S. The third kappa shape index (κ3) is 8.89. The topological polar surface area (TPSA) is 140 Å². The average Bonchev–Trinajstić information content (AvgIpc) is 3.52. The number of aromatic nitrogens is 3. The number of carbonyl (C=O) groups is 3. The molecule has 0 unspecified atom stereocenters. The number of carbonyl (C=O) groups excluding carboxylic acids is 3. The number of rotatable bonds is 8. The monoisotopic (exact) mass is 741 g/mol. The number of hydrogen-bond donors (Lipinski definition) is 3. The molecule has 0 spiro atoms. The summed E-state index contributed by atoms with van der Waals surface area (Å²) >= 11 is 4.15. The van der Waals surface area contributed by atoms with E-state index >= 15 is 4.39 Å². The van der Waals surface area contributed by atoms with Crippen molar-refractivity contribution in [2.75, 3.05) is 28.6 Å². The summed E-state index contributed by atoms with van der Waals surface area (Å²) in [6.45, 7) is 6.60. The Labute approximate surface area is 290 Å². The molecule has 4 aromatic rings. The van der Waals surface area contributed by atoms with Gasteiger partial charge in [0, 0.05) is 31.7 Å². The van der Waals surface area contributed by atoms with Crippen molar-refractivity contribution in [1.82, 2.24) is 20.1 Å². The van der Waals surface area contributed by atoms with E-state index in [9.17, 15) is 14.4 Å². The molecule has 2 aromatic heterocycles. The first-order valence-electron chi connectivity index (χ1n) is 15.4. The fourth-order valence-electron chi connectivity index (χ4n) is 5.20. The third-order valence-electron chi connectivity index (χ3n) is 7.36. The van der Waals surface area contributed by atoms with Crippen LogP contribution >= 0.6 is 27.3 Å². The van der Waals surface area contributed by atoms with E-state index < -0.39 is 29.5 Å². The molecule has 1 atom stereocenters. The van der Waals surface area contributed by atoms with Gasteiger partial charge in [0.2, 0.25) is 0 Å². The molecule has 254 valence electrons. The number of thiazole rings is 1. The lowest BCUT2D eigenvalue weighted by atomic mass is 10.1. The van der Waals surface area contributed by atoms with Gasteiger partial charge in [-0.25, -0.2) is 19.0 Å². The van der Waals surface area contributed by atoms with E-state index in [2.05, 4.69) is 46.9 Å². The highest BCUT2D eigenvalue weighted by Crippen LogP contribution is 2.37. The summed E-state index contributed by atoms with van der Waals surface area (Å²) in [5, 5.41) is 13.2. The average molecular weight is 743 g/mol. The minimum atomic E-state index is -0.787. The highest BCUT2D eigenvalue weighted by atomic mass is 79.9. The van der Waals surface area contributed by atoms with Crippen molar-refractivity contribution in [2.45, 2.75) is 58.3 Å². The molecule has 0 saturated carbocycles. The lowest BCUT2D eigenvalue weighted by Gasteiger charge is -2.24. The lowest BCUT2D eigenvalue weighted by molar-refractivity contribution is 0.0636. The number of nitrogens with zero attached hydrogens (tertiary/aromatic N) is 4. The second-order valence-electron chi connectivity index (χ2n) is 12.2. The first-order chi connectivity index (χ1) is 22.9. The van der Waals surface area contributed by atoms with E-state index in [0.29, 0.717) is 31.0 Å². The molecule has 48 heavy (non-hydrogen) atoms. The predicted molar refractivity (Wildman–Crippen MR) is 186 cm³/mol. The van der Waals surface area contributed by atoms with Gasteiger partial charge in [-0.3, -0.25) is 14.8 Å². The molecule has 1 fully saturated rings. The Morgan fingerprint density at radius 2 is 1.81 bits per heavy atom. The zero-order valence-electron chi connectivity index (χ0n) is 27.0. The lowest BCUT2D eigenvalue weighted by Crippen LogP contribution is -2.36. The summed E-state index contributed by atoms with van der Waals surface area (Å²) in [4.78, 5) is 45.5. The molecule has 3 heterocycles. The number of ether oxygens (including phenoxy) is 2. The van der Waals surface area contributed by atoms with E-state index in [1.807, 2.05) is 30.3 Å². The van der Waals surface area contributed by atoms with Crippen molar-refractivity contribution in [3.63, 3.8) is 0 Å². The van der Waals surface area contributed by atoms with Gasteiger partial charge in [0.1, 0.15) is 33.7 Å². The summed E-state index contributed by atoms with van der Waals surface area (Å²) in [5.41, 5.74) is 0.615. The first kappa shape index (κ1) is 34.8. The number of amides is 3. The molecule has 2 aromatic carbocycles. The van der Waals surface area contributed by atoms with Crippen LogP contribution in [-0.2, 0) is 23.1 Å². The summed E-state index contributed by atoms with van der Waals surface area (Å²) in [7, 11) is 1.78. The quantitative estimate of drug-likeness (QED) is 0.171. The van der Waals surface area contributed by atoms with Gasteiger partial charge < -0.3 is 25.0 Å². The van der Waals surface area contributed by atoms with Crippen LogP contribution in [-0.4, -0.2) is 57.6 Å². The first-order valence-corrected chi connectivity index (χ1v) is 17.0. The summed E-state index contributed by atoms with van der Waals surface area (Å²) in [5.74, 6) is -0.496. The minimum absolute atomic E-state index is 0.0853. The van der Waals surface area contributed by atoms with Gasteiger partial charge in [-0.2, -0.15) is 5.10 Å². The van der Waals surface area contributed by atoms with Gasteiger partial charge in [-0.15, -0.1) is 0 Å². The molecule has 1 aliphatic rings. The third-order valence-corrected chi connectivity index (χ3v) is 8.97. The van der Waals surface area contributed by atoms with Crippen LogP contribution < -0.4 is 20.9 Å². The van der Waals surface area contributed by atoms with Crippen LogP contribution in [0.1, 0.15) is 56.1 Å². The van der Waals surface area contributed by atoms with Gasteiger partial charge in [0.25, 0.3) is 5.91 Å². The number of anilines is 3. The Hall–Kier alpha value is -4.50. The molecule has 15 heteroatoms. The summed E-state index contributed by atoms with van der Waals surface area (Å²) in [6.07, 6.45) is 2.48. The largest absolute Gasteiger partial charge is 0.445 e. The van der Waals surface area contributed by atoms with Crippen molar-refractivity contribution in [2.24, 2.45) is 7.05 Å². The summed E-state index contributed by atoms with van der Waals surface area (Å²) < 4.78 is 27.7. The van der Waals surface area contributed by atoms with Crippen LogP contribution in [0, 0.1) is 5.82 Å². The maximum absolute atomic E-state index is 15.0. The van der Waals surface area contributed by atoms with Crippen LogP contribution in [0.2, 0.25) is 0 Å². The molecule has 0 aliphatic carbocycles. The van der Waals surface area contributed by atoms with E-state index in [1.54, 1.807) is 50.7 Å². The second kappa shape index (κ2) is 15.2. The van der Waals surface area contributed by atoms with Gasteiger partial charge >= 0.3 is 12.2 Å². The van der Waals surface area contributed by atoms with Crippen LogP contribution in [0.25, 0.3) is 10.6 Å². The maximum Gasteiger partial charge on any atom is 0.412 e. The van der Waals surface area contributed by atoms with E-state index in [1.165, 1.54) is 6.20 Å². The normalized spacial score (nSPS) is 15.0. The van der Waals surface area contributed by atoms with Crippen LogP contribution in [0.4, 0.5) is 30.5 Å². The van der Waals surface area contributed by atoms with Crippen molar-refractivity contribution in [3.8, 4) is 10.6 Å². The molecule has 3 amide bonds. The van der Waals surface area contributed by atoms with Crippen molar-refractivity contribution in [1.29, 1.82) is 0 Å². The maximum atomic E-state index is 15.0. The number of benzene rings is 2. The van der Waals surface area contributed by atoms with Crippen LogP contribution in [0.5, 0.6) is 0 Å². The molecule has 1 saturated heterocycles. The second-order valence-corrected chi connectivity index (χ2v) is 14.1. The smallest absolute Gasteiger partial charge is 0.412 e. The summed E-state index contributed by atoms with van der Waals surface area (Å²) in [6, 6.07) is 14.2. The van der Waals surface area contributed by atoms with Crippen molar-refractivity contribution in [3.05, 3.63) is 76.3 Å². The predicted octanol–water partition coefficient (Wildman–Crippen LogP) is 7.33. The van der Waals surface area contributed by atoms with Crippen molar-refractivity contribution >= 4 is 61.9 Å². The van der Waals surface area contributed by atoms with E-state index in [-0.39, 0.29) is 38.4 Å². The molecular weight excluding hydrogens is 705 g/mol. The minimum Gasteiger partial charge on any atom is -0.445 e. The Bertz CT molecular complexity index is 1780. The Morgan fingerprint density at radius 3 is 2.56 bits per heavy atom. The van der Waals surface area contributed by atoms with Crippen molar-refractivity contribution < 1.29 is 28.2 Å². The van der Waals surface area contributed by atoms with Gasteiger partial charge in [0.15, 0.2) is 11.5 Å². The Balaban J connectivity index is 1.30. The van der Waals surface area contributed by atoms with Crippen LogP contribution in [0.3, 0.4) is 0 Å². The zero-order chi connectivity index (χ0) is 34.4. The number of halogens is 2. The molecule has 5 rings (SSSR count). The fraction of sp³-hybridized carbons (Fsp3) is 0.364. The zero-order valence-corrected chi connectivity index (χ0v) is 29.4.